The lowest BCUT2D eigenvalue weighted by molar-refractivity contribution is 0.314. The predicted molar refractivity (Wildman–Crippen MR) is 108 cm³/mol. The van der Waals surface area contributed by atoms with Crippen molar-refractivity contribution < 1.29 is 12.8 Å². The van der Waals surface area contributed by atoms with Gasteiger partial charge in [0.2, 0.25) is 10.0 Å². The largest absolute Gasteiger partial charge is 0.419 e. The number of H-pyrrole nitrogens is 1. The molecule has 0 saturated carbocycles. The van der Waals surface area contributed by atoms with E-state index < -0.39 is 15.8 Å². The fourth-order valence-corrected chi connectivity index (χ4v) is 5.44. The van der Waals surface area contributed by atoms with E-state index in [-0.39, 0.29) is 16.4 Å². The highest BCUT2D eigenvalue weighted by Gasteiger charge is 2.31. The van der Waals surface area contributed by atoms with Gasteiger partial charge in [-0.1, -0.05) is 12.1 Å². The molecule has 9 heteroatoms. The van der Waals surface area contributed by atoms with E-state index in [1.54, 1.807) is 13.1 Å². The van der Waals surface area contributed by atoms with Gasteiger partial charge < -0.3 is 9.40 Å². The summed E-state index contributed by atoms with van der Waals surface area (Å²) < 4.78 is 34.1. The van der Waals surface area contributed by atoms with Crippen LogP contribution in [-0.2, 0) is 17.1 Å². The first-order chi connectivity index (χ1) is 13.9. The van der Waals surface area contributed by atoms with E-state index in [0.717, 1.165) is 16.9 Å². The minimum atomic E-state index is -3.66. The molecule has 0 radical (unpaired) electrons. The summed E-state index contributed by atoms with van der Waals surface area (Å²) in [6.45, 7) is 0.835. The Bertz CT molecular complexity index is 1340. The Balaban J connectivity index is 1.37. The van der Waals surface area contributed by atoms with Crippen LogP contribution in [0.1, 0.15) is 24.6 Å². The van der Waals surface area contributed by atoms with Crippen molar-refractivity contribution in [3.63, 3.8) is 0 Å². The molecule has 1 aliphatic rings. The number of aromatic amines is 1. The molecule has 0 aliphatic carbocycles. The predicted octanol–water partition coefficient (Wildman–Crippen LogP) is 2.58. The zero-order valence-corrected chi connectivity index (χ0v) is 16.6. The summed E-state index contributed by atoms with van der Waals surface area (Å²) in [5.41, 5.74) is 2.76. The molecule has 0 spiro atoms. The van der Waals surface area contributed by atoms with E-state index >= 15 is 0 Å². The Labute approximate surface area is 166 Å². The lowest BCUT2D eigenvalue weighted by Crippen LogP contribution is -2.38. The van der Waals surface area contributed by atoms with Gasteiger partial charge in [0.1, 0.15) is 5.82 Å². The van der Waals surface area contributed by atoms with Crippen LogP contribution in [-0.4, -0.2) is 40.3 Å². The van der Waals surface area contributed by atoms with E-state index in [4.69, 9.17) is 4.42 Å². The van der Waals surface area contributed by atoms with Crippen LogP contribution in [0.4, 0.5) is 0 Å². The zero-order chi connectivity index (χ0) is 20.2. The SMILES string of the molecule is Cn1c(=O)oc2cc(S(=O)(=O)N3CCC(c4nc5ccccc5[nH]4)CC3)ccc21. The average Bonchev–Trinajstić information content (AvgIpc) is 3.29. The second-order valence-electron chi connectivity index (χ2n) is 7.37. The van der Waals surface area contributed by atoms with Crippen LogP contribution in [0.15, 0.2) is 56.6 Å². The molecule has 0 amide bonds. The van der Waals surface area contributed by atoms with Gasteiger partial charge in [-0.3, -0.25) is 4.57 Å². The number of nitrogens with zero attached hydrogens (tertiary/aromatic N) is 3. The molecule has 29 heavy (non-hydrogen) atoms. The van der Waals surface area contributed by atoms with Gasteiger partial charge in [-0.25, -0.2) is 18.2 Å². The fourth-order valence-electron chi connectivity index (χ4n) is 3.96. The Morgan fingerprint density at radius 2 is 1.90 bits per heavy atom. The second kappa shape index (κ2) is 6.57. The molecule has 5 rings (SSSR count). The topological polar surface area (TPSA) is 101 Å². The first kappa shape index (κ1) is 18.1. The molecule has 1 N–H and O–H groups in total. The number of hydrogen-bond acceptors (Lipinski definition) is 5. The second-order valence-corrected chi connectivity index (χ2v) is 9.31. The van der Waals surface area contributed by atoms with E-state index in [1.165, 1.54) is 21.0 Å². The number of benzene rings is 2. The molecular weight excluding hydrogens is 392 g/mol. The van der Waals surface area contributed by atoms with Crippen molar-refractivity contribution in [2.45, 2.75) is 23.7 Å². The van der Waals surface area contributed by atoms with Gasteiger partial charge in [-0.2, -0.15) is 4.31 Å². The smallest absolute Gasteiger partial charge is 0.408 e. The van der Waals surface area contributed by atoms with Gasteiger partial charge in [0.25, 0.3) is 0 Å². The van der Waals surface area contributed by atoms with Crippen molar-refractivity contribution in [2.24, 2.45) is 7.05 Å². The minimum Gasteiger partial charge on any atom is -0.408 e. The zero-order valence-electron chi connectivity index (χ0n) is 15.8. The number of imidazole rings is 1. The lowest BCUT2D eigenvalue weighted by Gasteiger charge is -2.30. The first-order valence-corrected chi connectivity index (χ1v) is 10.9. The molecule has 0 bridgehead atoms. The maximum Gasteiger partial charge on any atom is 0.419 e. The highest BCUT2D eigenvalue weighted by atomic mass is 32.2. The molecule has 8 nitrogen and oxygen atoms in total. The quantitative estimate of drug-likeness (QED) is 0.557. The van der Waals surface area contributed by atoms with Gasteiger partial charge in [0.05, 0.1) is 21.4 Å². The van der Waals surface area contributed by atoms with Crippen molar-refractivity contribution in [1.29, 1.82) is 0 Å². The van der Waals surface area contributed by atoms with Crippen molar-refractivity contribution in [1.82, 2.24) is 18.8 Å². The van der Waals surface area contributed by atoms with Gasteiger partial charge in [0.15, 0.2) is 5.58 Å². The van der Waals surface area contributed by atoms with Crippen molar-refractivity contribution in [2.75, 3.05) is 13.1 Å². The standard InChI is InChI=1S/C20H20N4O4S/c1-23-17-7-6-14(12-18(17)28-20(23)25)29(26,27)24-10-8-13(9-11-24)19-21-15-4-2-3-5-16(15)22-19/h2-7,12-13H,8-11H2,1H3,(H,21,22). The number of fused-ring (bicyclic) bond motifs is 2. The van der Waals surface area contributed by atoms with Crippen LogP contribution in [0, 0.1) is 0 Å². The van der Waals surface area contributed by atoms with E-state index in [2.05, 4.69) is 9.97 Å². The summed E-state index contributed by atoms with van der Waals surface area (Å²) in [6, 6.07) is 12.4. The third-order valence-corrected chi connectivity index (χ3v) is 7.54. The molecule has 1 aliphatic heterocycles. The Kier molecular flexibility index (Phi) is 4.11. The van der Waals surface area contributed by atoms with Crippen LogP contribution >= 0.6 is 0 Å². The van der Waals surface area contributed by atoms with Gasteiger partial charge in [0, 0.05) is 32.1 Å². The Hall–Kier alpha value is -2.91. The molecule has 2 aromatic heterocycles. The minimum absolute atomic E-state index is 0.140. The van der Waals surface area contributed by atoms with Crippen LogP contribution in [0.5, 0.6) is 0 Å². The number of aryl methyl sites for hydroxylation is 1. The van der Waals surface area contributed by atoms with Crippen molar-refractivity contribution in [3.05, 3.63) is 58.8 Å². The van der Waals surface area contributed by atoms with E-state index in [0.29, 0.717) is 31.4 Å². The number of para-hydroxylation sites is 2. The molecule has 1 fully saturated rings. The molecule has 0 atom stereocenters. The monoisotopic (exact) mass is 412 g/mol. The molecule has 1 saturated heterocycles. The summed E-state index contributed by atoms with van der Waals surface area (Å²) >= 11 is 0. The van der Waals surface area contributed by atoms with E-state index in [1.807, 2.05) is 24.3 Å². The summed E-state index contributed by atoms with van der Waals surface area (Å²) in [4.78, 5) is 19.8. The Morgan fingerprint density at radius 1 is 1.14 bits per heavy atom. The van der Waals surface area contributed by atoms with Crippen LogP contribution in [0.25, 0.3) is 22.1 Å². The maximum absolute atomic E-state index is 13.1. The summed E-state index contributed by atoms with van der Waals surface area (Å²) in [6.07, 6.45) is 1.39. The van der Waals surface area contributed by atoms with Crippen LogP contribution < -0.4 is 5.76 Å². The number of hydrogen-bond donors (Lipinski definition) is 1. The summed E-state index contributed by atoms with van der Waals surface area (Å²) in [7, 11) is -2.07. The first-order valence-electron chi connectivity index (χ1n) is 9.48. The highest BCUT2D eigenvalue weighted by Crippen LogP contribution is 2.31. The number of rotatable bonds is 3. The number of oxazole rings is 1. The summed E-state index contributed by atoms with van der Waals surface area (Å²) in [5, 5.41) is 0. The van der Waals surface area contributed by atoms with Crippen molar-refractivity contribution >= 4 is 32.2 Å². The molecule has 2 aromatic carbocycles. The van der Waals surface area contributed by atoms with E-state index in [9.17, 15) is 13.2 Å². The van der Waals surface area contributed by atoms with Gasteiger partial charge in [-0.05, 0) is 37.1 Å². The maximum atomic E-state index is 13.1. The molecule has 150 valence electrons. The van der Waals surface area contributed by atoms with Gasteiger partial charge >= 0.3 is 5.76 Å². The Morgan fingerprint density at radius 3 is 2.66 bits per heavy atom. The third kappa shape index (κ3) is 2.97. The number of aromatic nitrogens is 3. The number of nitrogens with one attached hydrogen (secondary N) is 1. The molecule has 4 aromatic rings. The molecule has 3 heterocycles. The van der Waals surface area contributed by atoms with Crippen molar-refractivity contribution in [3.8, 4) is 0 Å². The fraction of sp³-hybridized carbons (Fsp3) is 0.300. The number of sulfonamides is 1. The molecule has 0 unspecified atom stereocenters. The molecular formula is C20H20N4O4S. The summed E-state index contributed by atoms with van der Waals surface area (Å²) in [5.74, 6) is 0.598. The number of piperidine rings is 1. The third-order valence-electron chi connectivity index (χ3n) is 5.65. The highest BCUT2D eigenvalue weighted by molar-refractivity contribution is 7.89. The lowest BCUT2D eigenvalue weighted by atomic mass is 9.97. The average molecular weight is 412 g/mol. The van der Waals surface area contributed by atoms with Gasteiger partial charge in [-0.15, -0.1) is 0 Å². The van der Waals surface area contributed by atoms with Crippen LogP contribution in [0.3, 0.4) is 0 Å². The normalized spacial score (nSPS) is 16.7. The van der Waals surface area contributed by atoms with Crippen LogP contribution in [0.2, 0.25) is 0 Å².